The average molecular weight is 305 g/mol. The summed E-state index contributed by atoms with van der Waals surface area (Å²) in [4.78, 5) is 3.72. The van der Waals surface area contributed by atoms with Crippen LogP contribution in [-0.4, -0.2) is 10.9 Å². The second-order valence-electron chi connectivity index (χ2n) is 5.00. The fraction of sp³-hybridized carbons (Fsp3) is 0.312. The van der Waals surface area contributed by atoms with Gasteiger partial charge in [-0.1, -0.05) is 23.7 Å². The zero-order valence-corrected chi connectivity index (χ0v) is 13.2. The molecule has 4 heteroatoms. The van der Waals surface area contributed by atoms with Gasteiger partial charge in [0.1, 0.15) is 0 Å². The highest BCUT2D eigenvalue weighted by Crippen LogP contribution is 2.22. The van der Waals surface area contributed by atoms with Crippen LogP contribution in [0, 0.1) is 11.3 Å². The molecule has 1 heterocycles. The van der Waals surface area contributed by atoms with Crippen LogP contribution in [0.25, 0.3) is 0 Å². The lowest BCUT2D eigenvalue weighted by molar-refractivity contribution is 0.205. The summed E-state index contributed by atoms with van der Waals surface area (Å²) in [6, 6.07) is 12.3. The second-order valence-corrected chi connectivity index (χ2v) is 6.44. The summed E-state index contributed by atoms with van der Waals surface area (Å²) in [6.07, 6.45) is 0. The van der Waals surface area contributed by atoms with Crippen molar-refractivity contribution in [2.24, 2.45) is 0 Å². The van der Waals surface area contributed by atoms with Crippen molar-refractivity contribution in [3.8, 4) is 6.07 Å². The Labute approximate surface area is 129 Å². The Hall–Kier alpha value is -1.34. The minimum Gasteiger partial charge on any atom is -0.292 e. The minimum atomic E-state index is 0.434. The maximum Gasteiger partial charge on any atom is 0.0992 e. The van der Waals surface area contributed by atoms with Crippen molar-refractivity contribution >= 4 is 22.9 Å². The summed E-state index contributed by atoms with van der Waals surface area (Å²) in [5, 5.41) is 11.6. The third kappa shape index (κ3) is 3.83. The first-order valence-electron chi connectivity index (χ1n) is 6.55. The highest BCUT2D eigenvalue weighted by atomic mass is 35.5. The molecule has 2 aromatic rings. The summed E-state index contributed by atoms with van der Waals surface area (Å²) in [5.74, 6) is 0. The molecule has 1 aromatic carbocycles. The van der Waals surface area contributed by atoms with Gasteiger partial charge in [-0.05, 0) is 43.0 Å². The number of halogens is 1. The van der Waals surface area contributed by atoms with Gasteiger partial charge in [-0.25, -0.2) is 0 Å². The van der Waals surface area contributed by atoms with Gasteiger partial charge in [-0.3, -0.25) is 4.90 Å². The zero-order chi connectivity index (χ0) is 14.5. The van der Waals surface area contributed by atoms with Gasteiger partial charge in [0, 0.05) is 29.0 Å². The van der Waals surface area contributed by atoms with E-state index in [0.717, 1.165) is 18.7 Å². The first-order chi connectivity index (χ1) is 9.60. The van der Waals surface area contributed by atoms with E-state index in [2.05, 4.69) is 42.3 Å². The number of benzene rings is 1. The molecule has 0 unspecified atom stereocenters. The Morgan fingerprint density at radius 1 is 1.30 bits per heavy atom. The van der Waals surface area contributed by atoms with Crippen molar-refractivity contribution in [2.75, 3.05) is 0 Å². The Morgan fingerprint density at radius 3 is 2.65 bits per heavy atom. The summed E-state index contributed by atoms with van der Waals surface area (Å²) in [7, 11) is 0. The SMILES string of the molecule is CC(C)N(Cc1cccs1)Cc1ccc(C#N)cc1Cl. The van der Waals surface area contributed by atoms with Crippen molar-refractivity contribution in [1.29, 1.82) is 5.26 Å². The smallest absolute Gasteiger partial charge is 0.0992 e. The molecule has 0 radical (unpaired) electrons. The van der Waals surface area contributed by atoms with Gasteiger partial charge in [0.25, 0.3) is 0 Å². The molecule has 2 rings (SSSR count). The molecule has 0 aliphatic carbocycles. The summed E-state index contributed by atoms with van der Waals surface area (Å²) >= 11 is 8.04. The Morgan fingerprint density at radius 2 is 2.10 bits per heavy atom. The third-order valence-electron chi connectivity index (χ3n) is 3.22. The van der Waals surface area contributed by atoms with Crippen LogP contribution in [0.2, 0.25) is 5.02 Å². The van der Waals surface area contributed by atoms with Gasteiger partial charge in [0.2, 0.25) is 0 Å². The van der Waals surface area contributed by atoms with Crippen LogP contribution in [-0.2, 0) is 13.1 Å². The fourth-order valence-electron chi connectivity index (χ4n) is 1.99. The van der Waals surface area contributed by atoms with E-state index in [9.17, 15) is 0 Å². The molecule has 0 saturated carbocycles. The molecule has 1 aromatic heterocycles. The lowest BCUT2D eigenvalue weighted by atomic mass is 10.1. The number of nitrogens with zero attached hydrogens (tertiary/aromatic N) is 2. The number of hydrogen-bond donors (Lipinski definition) is 0. The molecule has 0 spiro atoms. The summed E-state index contributed by atoms with van der Waals surface area (Å²) in [5.41, 5.74) is 1.67. The lowest BCUT2D eigenvalue weighted by Crippen LogP contribution is -2.29. The van der Waals surface area contributed by atoms with E-state index >= 15 is 0 Å². The van der Waals surface area contributed by atoms with E-state index < -0.39 is 0 Å². The van der Waals surface area contributed by atoms with Crippen LogP contribution in [0.1, 0.15) is 29.9 Å². The molecule has 0 aliphatic rings. The van der Waals surface area contributed by atoms with E-state index in [1.807, 2.05) is 12.1 Å². The molecule has 2 nitrogen and oxygen atoms in total. The van der Waals surface area contributed by atoms with Crippen molar-refractivity contribution in [2.45, 2.75) is 33.0 Å². The molecule has 0 bridgehead atoms. The predicted octanol–water partition coefficient (Wildman–Crippen LogP) is 4.68. The first-order valence-corrected chi connectivity index (χ1v) is 7.81. The van der Waals surface area contributed by atoms with Crippen molar-refractivity contribution in [3.05, 3.63) is 56.7 Å². The van der Waals surface area contributed by atoms with Gasteiger partial charge in [-0.15, -0.1) is 11.3 Å². The van der Waals surface area contributed by atoms with Gasteiger partial charge in [-0.2, -0.15) is 5.26 Å². The molecule has 0 aliphatic heterocycles. The van der Waals surface area contributed by atoms with Gasteiger partial charge >= 0.3 is 0 Å². The van der Waals surface area contributed by atoms with E-state index in [1.165, 1.54) is 4.88 Å². The van der Waals surface area contributed by atoms with Crippen LogP contribution in [0.15, 0.2) is 35.7 Å². The van der Waals surface area contributed by atoms with Crippen molar-refractivity contribution < 1.29 is 0 Å². The van der Waals surface area contributed by atoms with Crippen LogP contribution in [0.5, 0.6) is 0 Å². The van der Waals surface area contributed by atoms with E-state index in [1.54, 1.807) is 17.4 Å². The molecule has 0 amide bonds. The Balaban J connectivity index is 2.14. The Kier molecular flexibility index (Phi) is 5.19. The lowest BCUT2D eigenvalue weighted by Gasteiger charge is -2.26. The monoisotopic (exact) mass is 304 g/mol. The van der Waals surface area contributed by atoms with E-state index in [0.29, 0.717) is 16.6 Å². The topological polar surface area (TPSA) is 27.0 Å². The quantitative estimate of drug-likeness (QED) is 0.801. The maximum absolute atomic E-state index is 8.88. The summed E-state index contributed by atoms with van der Waals surface area (Å²) in [6.45, 7) is 6.09. The van der Waals surface area contributed by atoms with Crippen LogP contribution in [0.4, 0.5) is 0 Å². The molecule has 0 fully saturated rings. The predicted molar refractivity (Wildman–Crippen MR) is 84.9 cm³/mol. The standard InChI is InChI=1S/C16H17ClN2S/c1-12(2)19(11-15-4-3-7-20-15)10-14-6-5-13(9-18)8-16(14)17/h3-8,12H,10-11H2,1-2H3. The fourth-order valence-corrected chi connectivity index (χ4v) is 2.96. The molecule has 0 N–H and O–H groups in total. The van der Waals surface area contributed by atoms with Crippen molar-refractivity contribution in [1.82, 2.24) is 4.90 Å². The molecule has 0 saturated heterocycles. The zero-order valence-electron chi connectivity index (χ0n) is 11.6. The minimum absolute atomic E-state index is 0.434. The van der Waals surface area contributed by atoms with Gasteiger partial charge < -0.3 is 0 Å². The van der Waals surface area contributed by atoms with E-state index in [4.69, 9.17) is 16.9 Å². The summed E-state index contributed by atoms with van der Waals surface area (Å²) < 4.78 is 0. The number of thiophene rings is 1. The van der Waals surface area contributed by atoms with Gasteiger partial charge in [0.05, 0.1) is 11.6 Å². The molecule has 20 heavy (non-hydrogen) atoms. The van der Waals surface area contributed by atoms with E-state index in [-0.39, 0.29) is 0 Å². The highest BCUT2D eigenvalue weighted by Gasteiger charge is 2.13. The Bertz CT molecular complexity index is 599. The van der Waals surface area contributed by atoms with Crippen molar-refractivity contribution in [3.63, 3.8) is 0 Å². The highest BCUT2D eigenvalue weighted by molar-refractivity contribution is 7.09. The van der Waals surface area contributed by atoms with Crippen LogP contribution < -0.4 is 0 Å². The van der Waals surface area contributed by atoms with Gasteiger partial charge in [0.15, 0.2) is 0 Å². The number of hydrogen-bond acceptors (Lipinski definition) is 3. The number of rotatable bonds is 5. The number of nitriles is 1. The normalized spacial score (nSPS) is 11.0. The first kappa shape index (κ1) is 15.1. The average Bonchev–Trinajstić information content (AvgIpc) is 2.92. The second kappa shape index (κ2) is 6.90. The van der Waals surface area contributed by atoms with Crippen LogP contribution in [0.3, 0.4) is 0 Å². The maximum atomic E-state index is 8.88. The third-order valence-corrected chi connectivity index (χ3v) is 4.44. The molecule has 104 valence electrons. The molecular weight excluding hydrogens is 288 g/mol. The largest absolute Gasteiger partial charge is 0.292 e. The molecular formula is C16H17ClN2S. The molecule has 0 atom stereocenters. The van der Waals surface area contributed by atoms with Crippen LogP contribution >= 0.6 is 22.9 Å².